The van der Waals surface area contributed by atoms with E-state index in [1.54, 1.807) is 6.92 Å². The third kappa shape index (κ3) is 3.50. The Labute approximate surface area is 206 Å². The molecule has 34 heavy (non-hydrogen) atoms. The van der Waals surface area contributed by atoms with Gasteiger partial charge in [-0.05, 0) is 11.1 Å². The average Bonchev–Trinajstić information content (AvgIpc) is 2.93. The lowest BCUT2D eigenvalue weighted by Crippen LogP contribution is -2.53. The van der Waals surface area contributed by atoms with E-state index >= 15 is 0 Å². The molecule has 174 valence electrons. The molecule has 4 rings (SSSR count). The highest BCUT2D eigenvalue weighted by Gasteiger charge is 2.60. The first-order chi connectivity index (χ1) is 16.0. The number of hydrogen-bond acceptors (Lipinski definition) is 7. The summed E-state index contributed by atoms with van der Waals surface area (Å²) >= 11 is 18.9. The minimum Gasteiger partial charge on any atom is -0.373 e. The van der Waals surface area contributed by atoms with Gasteiger partial charge in [0.15, 0.2) is 11.4 Å². The number of ketones is 1. The second-order valence-corrected chi connectivity index (χ2v) is 8.60. The number of non-ortho nitro benzene ring substituents is 1. The van der Waals surface area contributed by atoms with Crippen molar-refractivity contribution in [3.63, 3.8) is 0 Å². The lowest BCUT2D eigenvalue weighted by molar-refractivity contribution is -0.419. The molecule has 13 heteroatoms. The molecule has 2 unspecified atom stereocenters. The third-order valence-electron chi connectivity index (χ3n) is 5.59. The van der Waals surface area contributed by atoms with Crippen molar-refractivity contribution in [2.45, 2.75) is 18.9 Å². The van der Waals surface area contributed by atoms with E-state index in [2.05, 4.69) is 4.99 Å². The number of nitro benzene ring substituents is 1. The predicted molar refractivity (Wildman–Crippen MR) is 125 cm³/mol. The van der Waals surface area contributed by atoms with Crippen LogP contribution in [0.15, 0.2) is 74.0 Å². The molecule has 1 aromatic rings. The molecule has 0 amide bonds. The summed E-state index contributed by atoms with van der Waals surface area (Å²) < 4.78 is 1.30. The Balaban J connectivity index is 2.14. The normalized spacial score (nSPS) is 24.4. The second kappa shape index (κ2) is 8.55. The van der Waals surface area contributed by atoms with Crippen LogP contribution in [0.5, 0.6) is 0 Å². The first kappa shape index (κ1) is 24.0. The van der Waals surface area contributed by atoms with Crippen LogP contribution in [-0.2, 0) is 4.79 Å². The third-order valence-corrected chi connectivity index (χ3v) is 6.89. The van der Waals surface area contributed by atoms with Gasteiger partial charge < -0.3 is 5.11 Å². The Kier molecular flexibility index (Phi) is 6.03. The molecule has 0 saturated carbocycles. The first-order valence-corrected chi connectivity index (χ1v) is 10.9. The number of carbonyl (C=O) groups is 1. The number of hydrogen-bond donors (Lipinski definition) is 1. The first-order valence-electron chi connectivity index (χ1n) is 9.78. The van der Waals surface area contributed by atoms with Crippen LogP contribution in [0.4, 0.5) is 11.4 Å². The highest BCUT2D eigenvalue weighted by atomic mass is 35.5. The number of rotatable bonds is 4. The van der Waals surface area contributed by atoms with Gasteiger partial charge in [-0.15, -0.1) is 0 Å². The zero-order valence-electron chi connectivity index (χ0n) is 17.2. The van der Waals surface area contributed by atoms with Crippen molar-refractivity contribution in [1.82, 2.24) is 0 Å². The summed E-state index contributed by atoms with van der Waals surface area (Å²) in [6, 6.07) is 5.40. The fourth-order valence-electron chi connectivity index (χ4n) is 4.04. The minimum atomic E-state index is -2.47. The van der Waals surface area contributed by atoms with Gasteiger partial charge in [-0.3, -0.25) is 25.0 Å². The molecule has 1 N–H and O–H groups in total. The van der Waals surface area contributed by atoms with Gasteiger partial charge in [0.05, 0.1) is 39.4 Å². The molecule has 1 aliphatic heterocycles. The number of Topliss-reactive ketones (excluding diaryl/α,β-unsaturated/α-hetero) is 1. The Hall–Kier alpha value is -3.18. The van der Waals surface area contributed by atoms with E-state index in [1.807, 2.05) is 0 Å². The summed E-state index contributed by atoms with van der Waals surface area (Å²) in [6.45, 7) is 1.71. The van der Waals surface area contributed by atoms with Gasteiger partial charge in [-0.2, -0.15) is 4.58 Å². The molecule has 0 spiro atoms. The summed E-state index contributed by atoms with van der Waals surface area (Å²) in [5.74, 6) is -2.00. The molecular formula is C21H14Cl3N4O6+. The van der Waals surface area contributed by atoms with E-state index in [0.717, 1.165) is 12.2 Å². The van der Waals surface area contributed by atoms with E-state index in [4.69, 9.17) is 34.8 Å². The topological polar surface area (TPSA) is 139 Å². The lowest BCUT2D eigenvalue weighted by Gasteiger charge is -2.35. The zero-order chi connectivity index (χ0) is 24.9. The summed E-state index contributed by atoms with van der Waals surface area (Å²) in [4.78, 5) is 39.5. The second-order valence-electron chi connectivity index (χ2n) is 7.47. The van der Waals surface area contributed by atoms with E-state index in [0.29, 0.717) is 0 Å². The van der Waals surface area contributed by atoms with Crippen LogP contribution in [0.25, 0.3) is 0 Å². The number of aliphatic imine (C=N–C) groups is 1. The summed E-state index contributed by atoms with van der Waals surface area (Å²) in [5, 5.41) is 33.6. The molecule has 10 nitrogen and oxygen atoms in total. The molecule has 0 aromatic heterocycles. The predicted octanol–water partition coefficient (Wildman–Crippen LogP) is 4.30. The van der Waals surface area contributed by atoms with Crippen LogP contribution < -0.4 is 0 Å². The number of fused-ring (bicyclic) bond motifs is 3. The van der Waals surface area contributed by atoms with Crippen molar-refractivity contribution in [3.8, 4) is 0 Å². The number of nitrogens with zero attached hydrogens (tertiary/aromatic N) is 4. The lowest BCUT2D eigenvalue weighted by atomic mass is 9.74. The number of nitro groups is 2. The molecule has 0 bridgehead atoms. The van der Waals surface area contributed by atoms with Gasteiger partial charge in [0.2, 0.25) is 11.4 Å². The van der Waals surface area contributed by atoms with Gasteiger partial charge in [-0.25, -0.2) is 0 Å². The van der Waals surface area contributed by atoms with E-state index in [1.165, 1.54) is 34.9 Å². The van der Waals surface area contributed by atoms with Crippen LogP contribution in [0.3, 0.4) is 0 Å². The van der Waals surface area contributed by atoms with E-state index in [9.17, 15) is 30.1 Å². The van der Waals surface area contributed by atoms with Gasteiger partial charge in [0.1, 0.15) is 15.8 Å². The van der Waals surface area contributed by atoms with Crippen LogP contribution in [0.2, 0.25) is 0 Å². The fraction of sp³-hybridized carbons (Fsp3) is 0.190. The Bertz CT molecular complexity index is 1370. The fourth-order valence-corrected chi connectivity index (χ4v) is 4.83. The average molecular weight is 525 g/mol. The molecule has 3 aliphatic rings. The SMILES string of the molecule is CCC1=[N+](c2cccc([N+](=O)[O-])c2)C2=C(Cl)C(Cl)=C(Cl)C(=O)C2(O)C2C=CC([N+](=O)[O-])=CC2=N1. The van der Waals surface area contributed by atoms with Crippen molar-refractivity contribution in [2.75, 3.05) is 0 Å². The summed E-state index contributed by atoms with van der Waals surface area (Å²) in [6.07, 6.45) is 3.74. The van der Waals surface area contributed by atoms with Crippen LogP contribution in [0, 0.1) is 26.1 Å². The molecule has 1 heterocycles. The van der Waals surface area contributed by atoms with Crippen LogP contribution in [0.1, 0.15) is 13.3 Å². The zero-order valence-corrected chi connectivity index (χ0v) is 19.5. The van der Waals surface area contributed by atoms with Crippen molar-refractivity contribution in [1.29, 1.82) is 0 Å². The van der Waals surface area contributed by atoms with E-state index < -0.39 is 32.2 Å². The number of amidine groups is 1. The Morgan fingerprint density at radius 3 is 2.47 bits per heavy atom. The minimum absolute atomic E-state index is 0.0132. The highest BCUT2D eigenvalue weighted by Crippen LogP contribution is 2.48. The van der Waals surface area contributed by atoms with Crippen LogP contribution in [-0.4, -0.2) is 42.5 Å². The highest BCUT2D eigenvalue weighted by molar-refractivity contribution is 6.55. The standard InChI is InChI=1S/C21H14Cl3N4O6/c1-2-15-25-14-9-12(28(33)34)6-7-13(14)21(30)19(17(23)16(22)18(24)20(21)29)26(15)10-4-3-5-11(8-10)27(31)32/h3-9,13,30H,2H2,1H3/q+1. The van der Waals surface area contributed by atoms with Crippen molar-refractivity contribution in [2.24, 2.45) is 10.9 Å². The largest absolute Gasteiger partial charge is 0.373 e. The van der Waals surface area contributed by atoms with Gasteiger partial charge in [-0.1, -0.05) is 53.9 Å². The van der Waals surface area contributed by atoms with Crippen LogP contribution >= 0.6 is 34.8 Å². The molecule has 0 saturated heterocycles. The number of aliphatic hydroxyl groups is 1. The van der Waals surface area contributed by atoms with Crippen molar-refractivity contribution >= 4 is 63.5 Å². The quantitative estimate of drug-likeness (QED) is 0.354. The molecule has 1 aromatic carbocycles. The number of benzene rings is 1. The summed E-state index contributed by atoms with van der Waals surface area (Å²) in [7, 11) is 0. The monoisotopic (exact) mass is 523 g/mol. The maximum atomic E-state index is 13.4. The smallest absolute Gasteiger partial charge is 0.303 e. The molecule has 0 radical (unpaired) electrons. The molecular weight excluding hydrogens is 511 g/mol. The van der Waals surface area contributed by atoms with Crippen molar-refractivity contribution in [3.05, 3.63) is 89.2 Å². The van der Waals surface area contributed by atoms with Crippen molar-refractivity contribution < 1.29 is 24.3 Å². The summed E-state index contributed by atoms with van der Waals surface area (Å²) in [5.41, 5.74) is -3.07. The van der Waals surface area contributed by atoms with Gasteiger partial charge >= 0.3 is 5.84 Å². The van der Waals surface area contributed by atoms with Gasteiger partial charge in [0, 0.05) is 12.1 Å². The number of halogens is 3. The Morgan fingerprint density at radius 1 is 1.15 bits per heavy atom. The Morgan fingerprint density at radius 2 is 1.85 bits per heavy atom. The number of carbonyl (C=O) groups excluding carboxylic acids is 1. The molecule has 0 fully saturated rings. The molecule has 2 atom stereocenters. The number of allylic oxidation sites excluding steroid dienone is 4. The maximum absolute atomic E-state index is 13.4. The maximum Gasteiger partial charge on any atom is 0.303 e. The van der Waals surface area contributed by atoms with Gasteiger partial charge in [0.25, 0.3) is 11.4 Å². The molecule has 2 aliphatic carbocycles. The van der Waals surface area contributed by atoms with E-state index in [-0.39, 0.29) is 50.8 Å².